The van der Waals surface area contributed by atoms with E-state index in [4.69, 9.17) is 11.6 Å². The van der Waals surface area contributed by atoms with E-state index in [1.165, 1.54) is 0 Å². The van der Waals surface area contributed by atoms with Crippen LogP contribution < -0.4 is 10.6 Å². The number of nitrogens with one attached hydrogen (secondary N) is 2. The Morgan fingerprint density at radius 2 is 1.92 bits per heavy atom. The average Bonchev–Trinajstić information content (AvgIpc) is 2.56. The molecule has 0 heterocycles. The minimum absolute atomic E-state index is 0.0969. The molecule has 7 heteroatoms. The molecule has 0 saturated heterocycles. The fourth-order valence-corrected chi connectivity index (χ4v) is 3.00. The first kappa shape index (κ1) is 20.4. The standard InChI is InChI=1S/C19H21BrClN3O2/c1-12-9-14(20)7-8-17(12)23-18(25)11-24(3)13(2)19(26)22-16-6-4-5-15(21)10-16/h4-10,13H,11H2,1-3H3,(H,22,26)(H,23,25). The third-order valence-corrected chi connectivity index (χ3v) is 4.72. The molecule has 2 aromatic rings. The first-order chi connectivity index (χ1) is 12.3. The van der Waals surface area contributed by atoms with Gasteiger partial charge in [-0.2, -0.15) is 0 Å². The number of anilines is 2. The van der Waals surface area contributed by atoms with Gasteiger partial charge in [0, 0.05) is 20.9 Å². The Morgan fingerprint density at radius 3 is 2.58 bits per heavy atom. The van der Waals surface area contributed by atoms with E-state index < -0.39 is 6.04 Å². The maximum atomic E-state index is 12.4. The number of benzene rings is 2. The summed E-state index contributed by atoms with van der Waals surface area (Å²) < 4.78 is 0.955. The SMILES string of the molecule is Cc1cc(Br)ccc1NC(=O)CN(C)C(C)C(=O)Nc1cccc(Cl)c1. The van der Waals surface area contributed by atoms with E-state index in [1.807, 2.05) is 25.1 Å². The second kappa shape index (κ2) is 9.16. The Hall–Kier alpha value is -1.89. The van der Waals surface area contributed by atoms with E-state index in [-0.39, 0.29) is 18.4 Å². The minimum Gasteiger partial charge on any atom is -0.325 e. The lowest BCUT2D eigenvalue weighted by Gasteiger charge is -2.23. The largest absolute Gasteiger partial charge is 0.325 e. The number of aryl methyl sites for hydroxylation is 1. The van der Waals surface area contributed by atoms with Crippen LogP contribution in [0, 0.1) is 6.92 Å². The Labute approximate surface area is 166 Å². The first-order valence-corrected chi connectivity index (χ1v) is 9.26. The summed E-state index contributed by atoms with van der Waals surface area (Å²) in [6.07, 6.45) is 0. The molecule has 0 aliphatic carbocycles. The summed E-state index contributed by atoms with van der Waals surface area (Å²) in [6.45, 7) is 3.77. The summed E-state index contributed by atoms with van der Waals surface area (Å²) in [4.78, 5) is 26.3. The lowest BCUT2D eigenvalue weighted by Crippen LogP contribution is -2.43. The van der Waals surface area contributed by atoms with Gasteiger partial charge in [0.1, 0.15) is 0 Å². The van der Waals surface area contributed by atoms with Gasteiger partial charge in [-0.25, -0.2) is 0 Å². The fraction of sp³-hybridized carbons (Fsp3) is 0.263. The molecule has 2 N–H and O–H groups in total. The van der Waals surface area contributed by atoms with Crippen LogP contribution >= 0.6 is 27.5 Å². The predicted molar refractivity (Wildman–Crippen MR) is 110 cm³/mol. The van der Waals surface area contributed by atoms with Crippen molar-refractivity contribution in [1.82, 2.24) is 4.90 Å². The van der Waals surface area contributed by atoms with Crippen LogP contribution in [0.2, 0.25) is 5.02 Å². The number of amides is 2. The molecule has 0 saturated carbocycles. The van der Waals surface area contributed by atoms with Crippen LogP contribution in [0.1, 0.15) is 12.5 Å². The van der Waals surface area contributed by atoms with Gasteiger partial charge in [0.2, 0.25) is 11.8 Å². The zero-order valence-corrected chi connectivity index (χ0v) is 17.2. The number of likely N-dealkylation sites (N-methyl/N-ethyl adjacent to an activating group) is 1. The molecule has 0 aliphatic heterocycles. The van der Waals surface area contributed by atoms with Gasteiger partial charge < -0.3 is 10.6 Å². The lowest BCUT2D eigenvalue weighted by atomic mass is 10.2. The van der Waals surface area contributed by atoms with Gasteiger partial charge in [0.25, 0.3) is 0 Å². The van der Waals surface area contributed by atoms with Gasteiger partial charge >= 0.3 is 0 Å². The molecule has 1 unspecified atom stereocenters. The molecule has 0 bridgehead atoms. The maximum absolute atomic E-state index is 12.4. The van der Waals surface area contributed by atoms with E-state index in [0.29, 0.717) is 10.7 Å². The number of hydrogen-bond donors (Lipinski definition) is 2. The minimum atomic E-state index is -0.481. The highest BCUT2D eigenvalue weighted by Gasteiger charge is 2.20. The molecule has 2 rings (SSSR count). The molecule has 0 aromatic heterocycles. The maximum Gasteiger partial charge on any atom is 0.241 e. The Morgan fingerprint density at radius 1 is 1.19 bits per heavy atom. The summed E-state index contributed by atoms with van der Waals surface area (Å²) in [5.41, 5.74) is 2.34. The average molecular weight is 439 g/mol. The van der Waals surface area contributed by atoms with Gasteiger partial charge in [0.05, 0.1) is 12.6 Å². The van der Waals surface area contributed by atoms with Gasteiger partial charge in [-0.05, 0) is 62.9 Å². The van der Waals surface area contributed by atoms with Crippen molar-refractivity contribution in [2.75, 3.05) is 24.2 Å². The van der Waals surface area contributed by atoms with Crippen molar-refractivity contribution < 1.29 is 9.59 Å². The Kier molecular flexibility index (Phi) is 7.20. The van der Waals surface area contributed by atoms with E-state index in [2.05, 4.69) is 26.6 Å². The van der Waals surface area contributed by atoms with Crippen LogP contribution in [-0.4, -0.2) is 36.3 Å². The molecule has 26 heavy (non-hydrogen) atoms. The quantitative estimate of drug-likeness (QED) is 0.706. The number of halogens is 2. The van der Waals surface area contributed by atoms with Gasteiger partial charge in [-0.15, -0.1) is 0 Å². The molecule has 0 radical (unpaired) electrons. The van der Waals surface area contributed by atoms with Crippen molar-refractivity contribution in [3.63, 3.8) is 0 Å². The van der Waals surface area contributed by atoms with Crippen LogP contribution in [-0.2, 0) is 9.59 Å². The van der Waals surface area contributed by atoms with E-state index in [9.17, 15) is 9.59 Å². The van der Waals surface area contributed by atoms with Crippen molar-refractivity contribution in [3.8, 4) is 0 Å². The fourth-order valence-electron chi connectivity index (χ4n) is 2.33. The number of hydrogen-bond acceptors (Lipinski definition) is 3. The second-order valence-electron chi connectivity index (χ2n) is 6.10. The molecule has 0 fully saturated rings. The van der Waals surface area contributed by atoms with Gasteiger partial charge in [-0.1, -0.05) is 33.6 Å². The van der Waals surface area contributed by atoms with Crippen LogP contribution in [0.3, 0.4) is 0 Å². The molecule has 0 aliphatic rings. The number of nitrogens with zero attached hydrogens (tertiary/aromatic N) is 1. The topological polar surface area (TPSA) is 61.4 Å². The highest BCUT2D eigenvalue weighted by Crippen LogP contribution is 2.20. The highest BCUT2D eigenvalue weighted by molar-refractivity contribution is 9.10. The number of carbonyl (C=O) groups is 2. The van der Waals surface area contributed by atoms with Crippen molar-refractivity contribution in [3.05, 3.63) is 57.5 Å². The summed E-state index contributed by atoms with van der Waals surface area (Å²) in [5.74, 6) is -0.386. The summed E-state index contributed by atoms with van der Waals surface area (Å²) in [5, 5.41) is 6.22. The molecular weight excluding hydrogens is 418 g/mol. The first-order valence-electron chi connectivity index (χ1n) is 8.09. The molecule has 2 amide bonds. The van der Waals surface area contributed by atoms with Crippen molar-refractivity contribution in [2.45, 2.75) is 19.9 Å². The molecule has 138 valence electrons. The van der Waals surface area contributed by atoms with Crippen molar-refractivity contribution >= 4 is 50.7 Å². The molecule has 2 aromatic carbocycles. The zero-order valence-electron chi connectivity index (χ0n) is 14.8. The monoisotopic (exact) mass is 437 g/mol. The van der Waals surface area contributed by atoms with Crippen LogP contribution in [0.25, 0.3) is 0 Å². The van der Waals surface area contributed by atoms with Crippen LogP contribution in [0.15, 0.2) is 46.9 Å². The van der Waals surface area contributed by atoms with E-state index in [1.54, 1.807) is 43.1 Å². The molecule has 5 nitrogen and oxygen atoms in total. The van der Waals surface area contributed by atoms with Crippen LogP contribution in [0.5, 0.6) is 0 Å². The molecular formula is C19H21BrClN3O2. The summed E-state index contributed by atoms with van der Waals surface area (Å²) >= 11 is 9.32. The van der Waals surface area contributed by atoms with E-state index >= 15 is 0 Å². The van der Waals surface area contributed by atoms with Gasteiger partial charge in [-0.3, -0.25) is 14.5 Å². The van der Waals surface area contributed by atoms with Crippen LogP contribution in [0.4, 0.5) is 11.4 Å². The molecule has 0 spiro atoms. The molecule has 1 atom stereocenters. The zero-order chi connectivity index (χ0) is 19.3. The Balaban J connectivity index is 1.91. The number of rotatable bonds is 6. The predicted octanol–water partition coefficient (Wildman–Crippen LogP) is 4.31. The second-order valence-corrected chi connectivity index (χ2v) is 7.45. The lowest BCUT2D eigenvalue weighted by molar-refractivity contribution is -0.122. The highest BCUT2D eigenvalue weighted by atomic mass is 79.9. The van der Waals surface area contributed by atoms with Crippen molar-refractivity contribution in [1.29, 1.82) is 0 Å². The summed E-state index contributed by atoms with van der Waals surface area (Å²) in [7, 11) is 1.73. The van der Waals surface area contributed by atoms with Gasteiger partial charge in [0.15, 0.2) is 0 Å². The Bertz CT molecular complexity index is 813. The smallest absolute Gasteiger partial charge is 0.241 e. The number of carbonyl (C=O) groups excluding carboxylic acids is 2. The van der Waals surface area contributed by atoms with Crippen molar-refractivity contribution in [2.24, 2.45) is 0 Å². The third kappa shape index (κ3) is 5.83. The third-order valence-electron chi connectivity index (χ3n) is 3.99. The normalized spacial score (nSPS) is 11.9. The van der Waals surface area contributed by atoms with E-state index in [0.717, 1.165) is 15.7 Å². The summed E-state index contributed by atoms with van der Waals surface area (Å²) in [6, 6.07) is 12.1.